The third-order valence-corrected chi connectivity index (χ3v) is 13.8. The summed E-state index contributed by atoms with van der Waals surface area (Å²) in [7, 11) is -0.975. The Hall–Kier alpha value is -4.34. The van der Waals surface area contributed by atoms with E-state index in [0.29, 0.717) is 23.4 Å². The van der Waals surface area contributed by atoms with Crippen molar-refractivity contribution >= 4 is 31.7 Å². The van der Waals surface area contributed by atoms with Crippen LogP contribution in [0.3, 0.4) is 0 Å². The molecule has 1 aromatic heterocycles. The summed E-state index contributed by atoms with van der Waals surface area (Å²) in [6.45, 7) is 14.6. The number of hydrogen-bond donors (Lipinski definition) is 1. The minimum absolute atomic E-state index is 0.0140. The minimum Gasteiger partial charge on any atom is -0.469 e. The molecular formula is C40H49FN2O5Si. The van der Waals surface area contributed by atoms with E-state index in [9.17, 15) is 18.8 Å². The summed E-state index contributed by atoms with van der Waals surface area (Å²) in [5.41, 5.74) is 4.95. The third kappa shape index (κ3) is 9.22. The monoisotopic (exact) mass is 684 g/mol. The fraction of sp³-hybridized carbons (Fsp3) is 0.375. The van der Waals surface area contributed by atoms with Gasteiger partial charge >= 0.3 is 5.97 Å². The molecule has 0 aliphatic carbocycles. The van der Waals surface area contributed by atoms with Gasteiger partial charge < -0.3 is 19.0 Å². The molecule has 0 saturated heterocycles. The molecule has 9 heteroatoms. The number of carbonyl (C=O) groups is 3. The molecule has 1 amide bonds. The van der Waals surface area contributed by atoms with E-state index in [2.05, 4.69) is 39.2 Å². The molecule has 0 unspecified atom stereocenters. The van der Waals surface area contributed by atoms with Gasteiger partial charge in [0.15, 0.2) is 8.32 Å². The number of methoxy groups -OCH3 is 1. The largest absolute Gasteiger partial charge is 0.469 e. The molecule has 4 rings (SSSR count). The molecule has 1 N–H and O–H groups in total. The number of nitrogens with zero attached hydrogens (tertiary/aromatic N) is 1. The topological polar surface area (TPSA) is 86.6 Å². The van der Waals surface area contributed by atoms with Crippen molar-refractivity contribution < 1.29 is 27.9 Å². The van der Waals surface area contributed by atoms with E-state index in [-0.39, 0.29) is 47.9 Å². The molecule has 1 heterocycles. The van der Waals surface area contributed by atoms with Crippen molar-refractivity contribution in [1.82, 2.24) is 4.57 Å². The Labute approximate surface area is 291 Å². The van der Waals surface area contributed by atoms with Crippen LogP contribution in [0.15, 0.2) is 84.9 Å². The Morgan fingerprint density at radius 2 is 1.41 bits per heavy atom. The summed E-state index contributed by atoms with van der Waals surface area (Å²) >= 11 is 0. The number of hydrogen-bond acceptors (Lipinski definition) is 5. The van der Waals surface area contributed by atoms with Crippen LogP contribution < -0.4 is 5.32 Å². The average molecular weight is 685 g/mol. The maximum absolute atomic E-state index is 14.3. The van der Waals surface area contributed by atoms with Crippen molar-refractivity contribution in [1.29, 1.82) is 0 Å². The van der Waals surface area contributed by atoms with Gasteiger partial charge in [0.1, 0.15) is 17.3 Å². The highest BCUT2D eigenvalue weighted by molar-refractivity contribution is 6.74. The van der Waals surface area contributed by atoms with Crippen molar-refractivity contribution in [3.05, 3.63) is 102 Å². The molecule has 0 spiro atoms. The SMILES string of the molecule is COC(=O)C[C@@H](CC(=O)CCc1c(-c2ccc(F)cc2)c(-c2ccccc2)c(C(=O)Nc2ccccc2)n1C(C)C)O[Si](C)(C)C(C)(C)C. The quantitative estimate of drug-likeness (QED) is 0.106. The van der Waals surface area contributed by atoms with Gasteiger partial charge in [0.05, 0.1) is 19.6 Å². The molecule has 0 fully saturated rings. The molecule has 260 valence electrons. The second-order valence-corrected chi connectivity index (χ2v) is 19.0. The third-order valence-electron chi connectivity index (χ3n) is 9.25. The van der Waals surface area contributed by atoms with Gasteiger partial charge in [0.25, 0.3) is 5.91 Å². The lowest BCUT2D eigenvalue weighted by atomic mass is 9.93. The van der Waals surface area contributed by atoms with Gasteiger partial charge in [-0.25, -0.2) is 4.39 Å². The van der Waals surface area contributed by atoms with Crippen molar-refractivity contribution in [2.45, 2.75) is 90.6 Å². The van der Waals surface area contributed by atoms with Crippen molar-refractivity contribution in [2.24, 2.45) is 0 Å². The van der Waals surface area contributed by atoms with Crippen molar-refractivity contribution in [3.8, 4) is 22.3 Å². The lowest BCUT2D eigenvalue weighted by Gasteiger charge is -2.39. The first kappa shape index (κ1) is 37.5. The number of benzene rings is 3. The van der Waals surface area contributed by atoms with Gasteiger partial charge in [-0.05, 0) is 73.8 Å². The summed E-state index contributed by atoms with van der Waals surface area (Å²) < 4.78 is 27.7. The molecule has 0 bridgehead atoms. The van der Waals surface area contributed by atoms with Crippen LogP contribution in [0, 0.1) is 5.82 Å². The molecule has 7 nitrogen and oxygen atoms in total. The highest BCUT2D eigenvalue weighted by atomic mass is 28.4. The fourth-order valence-corrected chi connectivity index (χ4v) is 7.19. The maximum atomic E-state index is 14.3. The van der Waals surface area contributed by atoms with Gasteiger partial charge in [0.2, 0.25) is 0 Å². The molecule has 0 aliphatic rings. The Balaban J connectivity index is 1.82. The number of rotatable bonds is 14. The number of para-hydroxylation sites is 1. The predicted octanol–water partition coefficient (Wildman–Crippen LogP) is 9.64. The van der Waals surface area contributed by atoms with Crippen LogP contribution in [0.5, 0.6) is 0 Å². The van der Waals surface area contributed by atoms with Gasteiger partial charge in [-0.15, -0.1) is 0 Å². The lowest BCUT2D eigenvalue weighted by molar-refractivity contribution is -0.142. The molecule has 0 radical (unpaired) electrons. The number of ether oxygens (including phenoxy) is 1. The van der Waals surface area contributed by atoms with Gasteiger partial charge in [-0.1, -0.05) is 81.4 Å². The zero-order valence-corrected chi connectivity index (χ0v) is 30.9. The van der Waals surface area contributed by atoms with E-state index in [0.717, 1.165) is 22.4 Å². The summed E-state index contributed by atoms with van der Waals surface area (Å²) in [5.74, 6) is -1.15. The Morgan fingerprint density at radius 3 is 1.96 bits per heavy atom. The fourth-order valence-electron chi connectivity index (χ4n) is 5.83. The van der Waals surface area contributed by atoms with E-state index in [1.807, 2.05) is 79.1 Å². The standard InChI is InChI=1S/C40H49FN2O5Si/c1-27(2)43-34(24-23-32(44)25-33(26-35(45)47-6)48-49(7,8)40(3,4)5)36(29-19-21-30(41)22-20-29)37(28-15-11-9-12-16-28)38(43)39(46)42-31-17-13-10-14-18-31/h9-22,27,33H,23-26H2,1-8H3,(H,42,46)/t33-/m1/s1. The van der Waals surface area contributed by atoms with Crippen molar-refractivity contribution in [2.75, 3.05) is 12.4 Å². The highest BCUT2D eigenvalue weighted by Crippen LogP contribution is 2.43. The average Bonchev–Trinajstić information content (AvgIpc) is 3.40. The number of nitrogens with one attached hydrogen (secondary N) is 1. The van der Waals surface area contributed by atoms with Gasteiger partial charge in [0, 0.05) is 41.4 Å². The first-order valence-corrected chi connectivity index (χ1v) is 19.7. The normalized spacial score (nSPS) is 12.5. The molecule has 49 heavy (non-hydrogen) atoms. The van der Waals surface area contributed by atoms with Crippen LogP contribution in [-0.4, -0.2) is 43.8 Å². The van der Waals surface area contributed by atoms with Crippen LogP contribution >= 0.6 is 0 Å². The highest BCUT2D eigenvalue weighted by Gasteiger charge is 2.40. The van der Waals surface area contributed by atoms with Crippen molar-refractivity contribution in [3.63, 3.8) is 0 Å². The Kier molecular flexibility index (Phi) is 12.2. The summed E-state index contributed by atoms with van der Waals surface area (Å²) in [4.78, 5) is 40.5. The summed E-state index contributed by atoms with van der Waals surface area (Å²) in [5, 5.41) is 2.96. The zero-order valence-electron chi connectivity index (χ0n) is 29.9. The van der Waals surface area contributed by atoms with E-state index in [4.69, 9.17) is 9.16 Å². The molecule has 3 aromatic carbocycles. The van der Waals surface area contributed by atoms with Crippen LogP contribution in [-0.2, 0) is 25.2 Å². The molecule has 0 aliphatic heterocycles. The number of ketones is 1. The maximum Gasteiger partial charge on any atom is 0.308 e. The van der Waals surface area contributed by atoms with E-state index in [1.54, 1.807) is 12.1 Å². The number of Topliss-reactive ketones (excluding diaryl/α,β-unsaturated/α-hetero) is 1. The number of carbonyl (C=O) groups excluding carboxylic acids is 3. The first-order chi connectivity index (χ1) is 23.1. The number of esters is 1. The Morgan fingerprint density at radius 1 is 0.837 bits per heavy atom. The lowest BCUT2D eigenvalue weighted by Crippen LogP contribution is -2.45. The number of amides is 1. The number of aromatic nitrogens is 1. The minimum atomic E-state index is -2.31. The second-order valence-electron chi connectivity index (χ2n) is 14.2. The smallest absolute Gasteiger partial charge is 0.308 e. The molecule has 0 saturated carbocycles. The van der Waals surface area contributed by atoms with E-state index >= 15 is 0 Å². The molecular weight excluding hydrogens is 636 g/mol. The van der Waals surface area contributed by atoms with Gasteiger partial charge in [-0.2, -0.15) is 0 Å². The number of anilines is 1. The van der Waals surface area contributed by atoms with Crippen LogP contribution in [0.2, 0.25) is 18.1 Å². The molecule has 4 aromatic rings. The van der Waals surface area contributed by atoms with E-state index < -0.39 is 20.4 Å². The van der Waals surface area contributed by atoms with Gasteiger partial charge in [-0.3, -0.25) is 14.4 Å². The number of halogens is 1. The Bertz CT molecular complexity index is 1740. The van der Waals surface area contributed by atoms with Crippen LogP contribution in [0.1, 0.15) is 76.1 Å². The predicted molar refractivity (Wildman–Crippen MR) is 197 cm³/mol. The second kappa shape index (κ2) is 15.9. The summed E-state index contributed by atoms with van der Waals surface area (Å²) in [6, 6.07) is 25.0. The van der Waals surface area contributed by atoms with E-state index in [1.165, 1.54) is 19.2 Å². The van der Waals surface area contributed by atoms with Crippen LogP contribution in [0.4, 0.5) is 10.1 Å². The van der Waals surface area contributed by atoms with Crippen LogP contribution in [0.25, 0.3) is 22.3 Å². The summed E-state index contributed by atoms with van der Waals surface area (Å²) in [6.07, 6.45) is -0.103. The molecule has 1 atom stereocenters. The zero-order chi connectivity index (χ0) is 35.9. The first-order valence-electron chi connectivity index (χ1n) is 16.8.